The van der Waals surface area contributed by atoms with Gasteiger partial charge in [0, 0.05) is 28.5 Å². The van der Waals surface area contributed by atoms with Gasteiger partial charge in [-0.05, 0) is 48.7 Å². The smallest absolute Gasteiger partial charge is 0.238 e. The van der Waals surface area contributed by atoms with E-state index in [1.807, 2.05) is 18.2 Å². The minimum absolute atomic E-state index is 0.00296. The molecule has 4 aliphatic rings. The van der Waals surface area contributed by atoms with Crippen molar-refractivity contribution >= 4 is 34.8 Å². The van der Waals surface area contributed by atoms with Crippen LogP contribution >= 0.6 is 11.6 Å². The van der Waals surface area contributed by atoms with Crippen molar-refractivity contribution in [3.8, 4) is 11.5 Å². The van der Waals surface area contributed by atoms with Crippen LogP contribution in [0.5, 0.6) is 11.5 Å². The summed E-state index contributed by atoms with van der Waals surface area (Å²) in [5.41, 5.74) is 2.18. The number of carbonyl (C=O) groups is 2. The van der Waals surface area contributed by atoms with Crippen molar-refractivity contribution in [2.75, 3.05) is 19.1 Å². The SMILES string of the molecule is COc1ccc(C2=NO[C@@H]3[C@H]4C[C@H]([C@H]5C(=O)N(c6ccc(Cl)cc6)C(=O)[C@H]45)[C@H]23)c(OC)c1. The monoisotopic (exact) mass is 452 g/mol. The number of hydrogen-bond donors (Lipinski definition) is 0. The highest BCUT2D eigenvalue weighted by molar-refractivity contribution is 6.31. The van der Waals surface area contributed by atoms with Crippen LogP contribution in [0.25, 0.3) is 0 Å². The van der Waals surface area contributed by atoms with E-state index in [0.29, 0.717) is 22.2 Å². The van der Waals surface area contributed by atoms with Gasteiger partial charge < -0.3 is 14.3 Å². The van der Waals surface area contributed by atoms with Crippen molar-refractivity contribution < 1.29 is 23.9 Å². The molecule has 8 heteroatoms. The maximum Gasteiger partial charge on any atom is 0.238 e. The number of carbonyl (C=O) groups excluding carboxylic acids is 2. The number of amides is 2. The van der Waals surface area contributed by atoms with Crippen molar-refractivity contribution in [3.05, 3.63) is 53.1 Å². The fourth-order valence-corrected chi connectivity index (χ4v) is 6.33. The molecular weight excluding hydrogens is 432 g/mol. The Bertz CT molecular complexity index is 1160. The average Bonchev–Trinajstić information content (AvgIpc) is 3.54. The van der Waals surface area contributed by atoms with E-state index in [4.69, 9.17) is 25.9 Å². The van der Waals surface area contributed by atoms with Crippen LogP contribution in [0.4, 0.5) is 5.69 Å². The topological polar surface area (TPSA) is 77.4 Å². The van der Waals surface area contributed by atoms with Crippen LogP contribution in [0.1, 0.15) is 12.0 Å². The zero-order chi connectivity index (χ0) is 22.1. The van der Waals surface area contributed by atoms with Gasteiger partial charge in [-0.2, -0.15) is 0 Å². The largest absolute Gasteiger partial charge is 0.497 e. The van der Waals surface area contributed by atoms with Gasteiger partial charge in [-0.15, -0.1) is 0 Å². The number of halogens is 1. The number of hydrogen-bond acceptors (Lipinski definition) is 6. The van der Waals surface area contributed by atoms with Crippen molar-refractivity contribution in [1.29, 1.82) is 0 Å². The Kier molecular flexibility index (Phi) is 4.27. The summed E-state index contributed by atoms with van der Waals surface area (Å²) in [7, 11) is 3.21. The summed E-state index contributed by atoms with van der Waals surface area (Å²) in [5.74, 6) is 0.232. The maximum absolute atomic E-state index is 13.5. The standard InChI is InChI=1S/C24H21ClN2O5/c1-30-13-7-8-14(17(9-13)31-2)21-20-15-10-16(22(20)32-26-21)19-18(15)23(28)27(24(19)29)12-5-3-11(25)4-6-12/h3-9,15-16,18-20,22H,10H2,1-2H3/t15-,16+,18-,19-,20-,22-/m1/s1. The Balaban J connectivity index is 1.35. The second kappa shape index (κ2) is 6.97. The first-order valence-electron chi connectivity index (χ1n) is 10.6. The highest BCUT2D eigenvalue weighted by Crippen LogP contribution is 2.62. The molecule has 0 aromatic heterocycles. The van der Waals surface area contributed by atoms with E-state index < -0.39 is 0 Å². The molecule has 6 rings (SSSR count). The summed E-state index contributed by atoms with van der Waals surface area (Å²) in [5, 5.41) is 4.97. The van der Waals surface area contributed by atoms with E-state index in [-0.39, 0.29) is 47.5 Å². The van der Waals surface area contributed by atoms with Crippen molar-refractivity contribution in [1.82, 2.24) is 0 Å². The summed E-state index contributed by atoms with van der Waals surface area (Å²) >= 11 is 5.99. The van der Waals surface area contributed by atoms with Gasteiger partial charge in [-0.1, -0.05) is 16.8 Å². The van der Waals surface area contributed by atoms with Gasteiger partial charge in [0.05, 0.1) is 37.5 Å². The third-order valence-corrected chi connectivity index (χ3v) is 7.71. The molecule has 2 saturated carbocycles. The van der Waals surface area contributed by atoms with Crippen molar-refractivity contribution in [2.24, 2.45) is 34.7 Å². The molecule has 7 nitrogen and oxygen atoms in total. The maximum atomic E-state index is 13.5. The zero-order valence-corrected chi connectivity index (χ0v) is 18.3. The molecule has 2 aliphatic heterocycles. The molecular formula is C24H21ClN2O5. The van der Waals surface area contributed by atoms with Crippen LogP contribution in [0.15, 0.2) is 47.6 Å². The Morgan fingerprint density at radius 1 is 0.969 bits per heavy atom. The van der Waals surface area contributed by atoms with E-state index in [2.05, 4.69) is 5.16 Å². The molecule has 32 heavy (non-hydrogen) atoms. The number of fused-ring (bicyclic) bond motifs is 8. The highest BCUT2D eigenvalue weighted by Gasteiger charge is 2.70. The minimum atomic E-state index is -0.364. The Hall–Kier alpha value is -3.06. The van der Waals surface area contributed by atoms with E-state index in [9.17, 15) is 9.59 Å². The predicted molar refractivity (Wildman–Crippen MR) is 117 cm³/mol. The quantitative estimate of drug-likeness (QED) is 0.663. The lowest BCUT2D eigenvalue weighted by atomic mass is 9.71. The molecule has 0 unspecified atom stereocenters. The molecule has 2 aliphatic carbocycles. The molecule has 1 saturated heterocycles. The molecule has 2 aromatic rings. The van der Waals surface area contributed by atoms with Gasteiger partial charge in [-0.25, -0.2) is 0 Å². The van der Waals surface area contributed by atoms with Gasteiger partial charge >= 0.3 is 0 Å². The van der Waals surface area contributed by atoms with Gasteiger partial charge in [0.15, 0.2) is 0 Å². The first kappa shape index (κ1) is 19.6. The minimum Gasteiger partial charge on any atom is -0.497 e. The molecule has 6 atom stereocenters. The van der Waals surface area contributed by atoms with E-state index in [1.165, 1.54) is 4.90 Å². The number of oxime groups is 1. The van der Waals surface area contributed by atoms with Gasteiger partial charge in [0.25, 0.3) is 0 Å². The van der Waals surface area contributed by atoms with E-state index in [0.717, 1.165) is 17.7 Å². The van der Waals surface area contributed by atoms with E-state index >= 15 is 0 Å². The number of anilines is 1. The lowest BCUT2D eigenvalue weighted by molar-refractivity contribution is -0.125. The fraction of sp³-hybridized carbons (Fsp3) is 0.375. The normalized spacial score (nSPS) is 32.0. The summed E-state index contributed by atoms with van der Waals surface area (Å²) in [6.07, 6.45) is 0.582. The summed E-state index contributed by atoms with van der Waals surface area (Å²) in [6, 6.07) is 12.4. The summed E-state index contributed by atoms with van der Waals surface area (Å²) in [4.78, 5) is 34.0. The number of rotatable bonds is 4. The fourth-order valence-electron chi connectivity index (χ4n) is 6.20. The van der Waals surface area contributed by atoms with Gasteiger partial charge in [-0.3, -0.25) is 14.5 Å². The third-order valence-electron chi connectivity index (χ3n) is 7.46. The molecule has 164 valence electrons. The Labute approximate surface area is 189 Å². The lowest BCUT2D eigenvalue weighted by Crippen LogP contribution is -2.41. The molecule has 0 radical (unpaired) electrons. The number of imide groups is 1. The number of nitrogens with zero attached hydrogens (tertiary/aromatic N) is 2. The summed E-state index contributed by atoms with van der Waals surface area (Å²) < 4.78 is 10.9. The second-order valence-electron chi connectivity index (χ2n) is 8.74. The average molecular weight is 453 g/mol. The van der Waals surface area contributed by atoms with Gasteiger partial charge in [0.1, 0.15) is 17.6 Å². The van der Waals surface area contributed by atoms with Crippen LogP contribution in [0.3, 0.4) is 0 Å². The molecule has 0 spiro atoms. The number of ether oxygens (including phenoxy) is 2. The van der Waals surface area contributed by atoms with Crippen molar-refractivity contribution in [2.45, 2.75) is 12.5 Å². The first-order valence-corrected chi connectivity index (χ1v) is 11.0. The Morgan fingerprint density at radius 2 is 1.69 bits per heavy atom. The van der Waals surface area contributed by atoms with Crippen molar-refractivity contribution in [3.63, 3.8) is 0 Å². The van der Waals surface area contributed by atoms with E-state index in [1.54, 1.807) is 38.5 Å². The lowest BCUT2D eigenvalue weighted by Gasteiger charge is -2.30. The van der Waals surface area contributed by atoms with Crippen LogP contribution in [0.2, 0.25) is 5.02 Å². The van der Waals surface area contributed by atoms with Crippen LogP contribution < -0.4 is 14.4 Å². The number of benzene rings is 2. The highest BCUT2D eigenvalue weighted by atomic mass is 35.5. The molecule has 2 amide bonds. The van der Waals surface area contributed by atoms with Gasteiger partial charge in [0.2, 0.25) is 11.8 Å². The van der Waals surface area contributed by atoms with Crippen LogP contribution in [-0.2, 0) is 14.4 Å². The predicted octanol–water partition coefficient (Wildman–Crippen LogP) is 3.53. The van der Waals surface area contributed by atoms with Crippen LogP contribution in [0, 0.1) is 29.6 Å². The molecule has 3 fully saturated rings. The third kappa shape index (κ3) is 2.51. The summed E-state index contributed by atoms with van der Waals surface area (Å²) in [6.45, 7) is 0. The second-order valence-corrected chi connectivity index (χ2v) is 9.18. The van der Waals surface area contributed by atoms with Crippen LogP contribution in [-0.4, -0.2) is 37.8 Å². The molecule has 2 bridgehead atoms. The molecule has 0 N–H and O–H groups in total. The zero-order valence-electron chi connectivity index (χ0n) is 17.5. The first-order chi connectivity index (χ1) is 15.5. The molecule has 2 heterocycles. The number of methoxy groups -OCH3 is 2. The Morgan fingerprint density at radius 3 is 2.38 bits per heavy atom. The molecule has 2 aromatic carbocycles.